The van der Waals surface area contributed by atoms with Crippen molar-refractivity contribution < 1.29 is 26.8 Å². The highest BCUT2D eigenvalue weighted by molar-refractivity contribution is 7.92. The third-order valence-electron chi connectivity index (χ3n) is 6.89. The Bertz CT molecular complexity index is 1910. The zero-order valence-electron chi connectivity index (χ0n) is 21.0. The van der Waals surface area contributed by atoms with Crippen molar-refractivity contribution in [2.75, 3.05) is 24.7 Å². The lowest BCUT2D eigenvalue weighted by atomic mass is 10.0. The number of hydrogen-bond donors (Lipinski definition) is 1. The van der Waals surface area contributed by atoms with Gasteiger partial charge in [-0.15, -0.1) is 0 Å². The molecular weight excluding hydrogens is 511 g/mol. The van der Waals surface area contributed by atoms with Crippen molar-refractivity contribution in [1.29, 1.82) is 0 Å². The van der Waals surface area contributed by atoms with Crippen LogP contribution in [-0.2, 0) is 16.8 Å². The molecule has 0 atom stereocenters. The molecule has 0 saturated heterocycles. The number of benzene rings is 2. The van der Waals surface area contributed by atoms with Gasteiger partial charge in [0.15, 0.2) is 6.73 Å². The number of hydrogen-bond acceptors (Lipinski definition) is 6. The number of nitrogens with one attached hydrogen (secondary N) is 1. The summed E-state index contributed by atoms with van der Waals surface area (Å²) in [5, 5.41) is 3.60. The van der Waals surface area contributed by atoms with Crippen LogP contribution in [0, 0.1) is 12.7 Å². The zero-order chi connectivity index (χ0) is 26.9. The Morgan fingerprint density at radius 1 is 1.16 bits per heavy atom. The molecule has 6 rings (SSSR count). The summed E-state index contributed by atoms with van der Waals surface area (Å²) in [6, 6.07) is 13.4. The first kappa shape index (κ1) is 24.0. The van der Waals surface area contributed by atoms with E-state index in [4.69, 9.17) is 14.1 Å². The van der Waals surface area contributed by atoms with E-state index in [1.807, 2.05) is 10.6 Å². The van der Waals surface area contributed by atoms with Gasteiger partial charge < -0.3 is 19.0 Å². The number of anilines is 1. The molecule has 1 aliphatic rings. The zero-order valence-corrected chi connectivity index (χ0v) is 21.8. The van der Waals surface area contributed by atoms with Crippen LogP contribution in [0.3, 0.4) is 0 Å². The van der Waals surface area contributed by atoms with Crippen LogP contribution in [0.5, 0.6) is 5.75 Å². The highest BCUT2D eigenvalue weighted by Crippen LogP contribution is 2.42. The Morgan fingerprint density at radius 2 is 1.95 bits per heavy atom. The molecule has 3 aromatic heterocycles. The molecule has 1 aliphatic heterocycles. The molecule has 5 aromatic rings. The van der Waals surface area contributed by atoms with Crippen LogP contribution in [0.15, 0.2) is 52.9 Å². The first-order chi connectivity index (χ1) is 18.1. The van der Waals surface area contributed by atoms with E-state index in [0.29, 0.717) is 67.3 Å². The first-order valence-corrected chi connectivity index (χ1v) is 13.6. The van der Waals surface area contributed by atoms with Gasteiger partial charge in [-0.1, -0.05) is 6.07 Å². The molecule has 0 radical (unpaired) electrons. The third kappa shape index (κ3) is 3.53. The molecular formula is C27H23FN4O5S. The molecule has 11 heteroatoms. The molecule has 0 bridgehead atoms. The number of amides is 1. The minimum atomic E-state index is -3.65. The maximum absolute atomic E-state index is 14.6. The number of ether oxygens (including phenoxy) is 1. The fraction of sp³-hybridized carbons (Fsp3) is 0.185. The number of aromatic nitrogens is 2. The van der Waals surface area contributed by atoms with Crippen molar-refractivity contribution in [2.45, 2.75) is 13.7 Å². The van der Waals surface area contributed by atoms with E-state index < -0.39 is 10.0 Å². The lowest BCUT2D eigenvalue weighted by molar-refractivity contribution is 0.0963. The van der Waals surface area contributed by atoms with E-state index in [-0.39, 0.29) is 18.5 Å². The Labute approximate surface area is 217 Å². The summed E-state index contributed by atoms with van der Waals surface area (Å²) in [6.07, 6.45) is 1.10. The van der Waals surface area contributed by atoms with Crippen molar-refractivity contribution in [1.82, 2.24) is 14.9 Å². The average Bonchev–Trinajstić information content (AvgIpc) is 3.44. The van der Waals surface area contributed by atoms with Crippen LogP contribution < -0.4 is 14.4 Å². The predicted octanol–water partition coefficient (Wildman–Crippen LogP) is 4.67. The van der Waals surface area contributed by atoms with Gasteiger partial charge in [0.25, 0.3) is 5.91 Å². The van der Waals surface area contributed by atoms with Gasteiger partial charge in [-0.25, -0.2) is 17.8 Å². The number of fused-ring (bicyclic) bond motifs is 6. The molecule has 1 N–H and O–H groups in total. The SMILES string of the molecule is CNC(=O)c1c(C)oc2cc(N(C)S(C)(=O)=O)c(-c3ccc4c(n3)-c3cc5c(F)cccc5n3CO4)cc12. The fourth-order valence-corrected chi connectivity index (χ4v) is 5.43. The highest BCUT2D eigenvalue weighted by atomic mass is 32.2. The van der Waals surface area contributed by atoms with Crippen LogP contribution in [0.1, 0.15) is 16.1 Å². The fourth-order valence-electron chi connectivity index (χ4n) is 4.92. The molecule has 0 aliphatic carbocycles. The van der Waals surface area contributed by atoms with Crippen molar-refractivity contribution in [3.8, 4) is 28.4 Å². The predicted molar refractivity (Wildman–Crippen MR) is 142 cm³/mol. The van der Waals surface area contributed by atoms with Gasteiger partial charge in [-0.05, 0) is 43.3 Å². The first-order valence-electron chi connectivity index (χ1n) is 11.7. The second-order valence-corrected chi connectivity index (χ2v) is 11.2. The maximum Gasteiger partial charge on any atom is 0.255 e. The quantitative estimate of drug-likeness (QED) is 0.359. The number of carbonyl (C=O) groups excluding carboxylic acids is 1. The van der Waals surface area contributed by atoms with Crippen molar-refractivity contribution in [2.24, 2.45) is 0 Å². The van der Waals surface area contributed by atoms with Gasteiger partial charge in [-0.2, -0.15) is 0 Å². The van der Waals surface area contributed by atoms with E-state index in [1.165, 1.54) is 20.2 Å². The second kappa shape index (κ2) is 8.32. The number of halogens is 1. The molecule has 0 unspecified atom stereocenters. The van der Waals surface area contributed by atoms with E-state index >= 15 is 0 Å². The molecule has 9 nitrogen and oxygen atoms in total. The Balaban J connectivity index is 1.62. The lowest BCUT2D eigenvalue weighted by Crippen LogP contribution is -2.25. The Kier molecular flexibility index (Phi) is 5.25. The molecule has 0 saturated carbocycles. The molecule has 0 spiro atoms. The summed E-state index contributed by atoms with van der Waals surface area (Å²) in [4.78, 5) is 17.5. The minimum Gasteiger partial charge on any atom is -0.470 e. The Morgan fingerprint density at radius 3 is 2.68 bits per heavy atom. The average molecular weight is 535 g/mol. The third-order valence-corrected chi connectivity index (χ3v) is 8.08. The normalized spacial score (nSPS) is 12.8. The molecule has 4 heterocycles. The molecule has 0 fully saturated rings. The number of rotatable bonds is 4. The number of nitrogens with zero attached hydrogens (tertiary/aromatic N) is 3. The van der Waals surface area contributed by atoms with Gasteiger partial charge in [0, 0.05) is 36.5 Å². The van der Waals surface area contributed by atoms with Crippen LogP contribution in [-0.4, -0.2) is 44.2 Å². The van der Waals surface area contributed by atoms with Gasteiger partial charge in [0.1, 0.15) is 28.6 Å². The summed E-state index contributed by atoms with van der Waals surface area (Å²) in [5.74, 6) is 0.257. The maximum atomic E-state index is 14.6. The summed E-state index contributed by atoms with van der Waals surface area (Å²) in [7, 11) is -0.683. The Hall–Kier alpha value is -4.38. The summed E-state index contributed by atoms with van der Waals surface area (Å²) >= 11 is 0. The molecule has 2 aromatic carbocycles. The number of pyridine rings is 1. The summed E-state index contributed by atoms with van der Waals surface area (Å²) < 4.78 is 54.4. The minimum absolute atomic E-state index is 0.203. The number of furan rings is 1. The van der Waals surface area contributed by atoms with Crippen LogP contribution >= 0.6 is 0 Å². The number of sulfonamides is 1. The lowest BCUT2D eigenvalue weighted by Gasteiger charge is -2.23. The van der Waals surface area contributed by atoms with Crippen LogP contribution in [0.4, 0.5) is 10.1 Å². The number of aryl methyl sites for hydroxylation is 1. The van der Waals surface area contributed by atoms with Crippen molar-refractivity contribution in [3.63, 3.8) is 0 Å². The standard InChI is InChI=1S/C27H23FN4O5S/c1-14-25(27(33)29-2)17-10-16(21(12-24(17)37-14)31(3)38(4,34)35)19-8-9-23-26(30-19)22-11-15-18(28)6-5-7-20(15)32(22)13-36-23/h5-12H,13H2,1-4H3,(H,29,33). The van der Waals surface area contributed by atoms with Gasteiger partial charge in [0.05, 0.1) is 34.4 Å². The van der Waals surface area contributed by atoms with E-state index in [1.54, 1.807) is 43.3 Å². The molecule has 1 amide bonds. The van der Waals surface area contributed by atoms with Crippen molar-refractivity contribution >= 4 is 43.5 Å². The van der Waals surface area contributed by atoms with E-state index in [0.717, 1.165) is 10.6 Å². The van der Waals surface area contributed by atoms with E-state index in [2.05, 4.69) is 5.32 Å². The van der Waals surface area contributed by atoms with Crippen LogP contribution in [0.25, 0.3) is 44.5 Å². The highest BCUT2D eigenvalue weighted by Gasteiger charge is 2.27. The van der Waals surface area contributed by atoms with Gasteiger partial charge >= 0.3 is 0 Å². The summed E-state index contributed by atoms with van der Waals surface area (Å²) in [5.41, 5.74) is 3.82. The summed E-state index contributed by atoms with van der Waals surface area (Å²) in [6.45, 7) is 1.88. The molecule has 38 heavy (non-hydrogen) atoms. The van der Waals surface area contributed by atoms with Gasteiger partial charge in [-0.3, -0.25) is 9.10 Å². The van der Waals surface area contributed by atoms with Crippen molar-refractivity contribution in [3.05, 3.63) is 65.7 Å². The van der Waals surface area contributed by atoms with E-state index in [9.17, 15) is 17.6 Å². The van der Waals surface area contributed by atoms with Crippen LogP contribution in [0.2, 0.25) is 0 Å². The molecule has 194 valence electrons. The number of carbonyl (C=O) groups is 1. The largest absolute Gasteiger partial charge is 0.470 e. The topological polar surface area (TPSA) is 107 Å². The smallest absolute Gasteiger partial charge is 0.255 e. The monoisotopic (exact) mass is 534 g/mol. The second-order valence-electron chi connectivity index (χ2n) is 9.16. The van der Waals surface area contributed by atoms with Gasteiger partial charge in [0.2, 0.25) is 10.0 Å².